The monoisotopic (exact) mass is 658 g/mol. The van der Waals surface area contributed by atoms with Crippen molar-refractivity contribution in [3.05, 3.63) is 75.8 Å². The Balaban J connectivity index is 1.13. The van der Waals surface area contributed by atoms with Gasteiger partial charge in [0.2, 0.25) is 5.91 Å². The van der Waals surface area contributed by atoms with Gasteiger partial charge in [-0.3, -0.25) is 9.69 Å². The van der Waals surface area contributed by atoms with Crippen LogP contribution in [0.2, 0.25) is 5.02 Å². The quantitative estimate of drug-likeness (QED) is 0.153. The molecule has 1 unspecified atom stereocenters. The van der Waals surface area contributed by atoms with Gasteiger partial charge in [0.25, 0.3) is 0 Å². The van der Waals surface area contributed by atoms with Gasteiger partial charge in [0.05, 0.1) is 30.0 Å². The highest BCUT2D eigenvalue weighted by Crippen LogP contribution is 2.43. The third kappa shape index (κ3) is 7.74. The van der Waals surface area contributed by atoms with Crippen molar-refractivity contribution in [2.24, 2.45) is 0 Å². The summed E-state index contributed by atoms with van der Waals surface area (Å²) >= 11 is 6.88. The van der Waals surface area contributed by atoms with Crippen LogP contribution >= 0.6 is 11.6 Å². The van der Waals surface area contributed by atoms with Gasteiger partial charge in [-0.05, 0) is 113 Å². The van der Waals surface area contributed by atoms with Gasteiger partial charge in [0, 0.05) is 49.3 Å². The number of carbonyl (C=O) groups excluding carboxylic acids is 1. The second kappa shape index (κ2) is 14.9. The van der Waals surface area contributed by atoms with Crippen LogP contribution in [-0.2, 0) is 17.8 Å². The van der Waals surface area contributed by atoms with Crippen molar-refractivity contribution in [3.63, 3.8) is 0 Å². The van der Waals surface area contributed by atoms with E-state index in [-0.39, 0.29) is 18.0 Å². The number of fused-ring (bicyclic) bond motifs is 1. The number of amides is 1. The molecule has 2 atom stereocenters. The third-order valence-electron chi connectivity index (χ3n) is 10.3. The Morgan fingerprint density at radius 1 is 1.04 bits per heavy atom. The van der Waals surface area contributed by atoms with Crippen LogP contribution in [0.15, 0.2) is 48.5 Å². The van der Waals surface area contributed by atoms with Gasteiger partial charge in [0.15, 0.2) is 0 Å². The normalized spacial score (nSPS) is 20.3. The number of carbonyl (C=O) groups is 1. The minimum atomic E-state index is 0.131. The van der Waals surface area contributed by atoms with Crippen molar-refractivity contribution in [1.82, 2.24) is 15.5 Å². The lowest BCUT2D eigenvalue weighted by Crippen LogP contribution is -2.39. The van der Waals surface area contributed by atoms with Crippen LogP contribution in [0.1, 0.15) is 87.6 Å². The predicted molar refractivity (Wildman–Crippen MR) is 192 cm³/mol. The Kier molecular flexibility index (Phi) is 10.6. The fraction of sp³-hybridized carbons (Fsp3) is 0.513. The van der Waals surface area contributed by atoms with E-state index in [4.69, 9.17) is 21.1 Å². The van der Waals surface area contributed by atoms with E-state index in [1.54, 1.807) is 0 Å². The molecule has 252 valence electrons. The van der Waals surface area contributed by atoms with Gasteiger partial charge in [-0.2, -0.15) is 0 Å². The van der Waals surface area contributed by atoms with Crippen LogP contribution < -0.4 is 25.4 Å². The first-order valence-corrected chi connectivity index (χ1v) is 17.9. The lowest BCUT2D eigenvalue weighted by Gasteiger charge is -2.31. The Labute approximate surface area is 285 Å². The Bertz CT molecular complexity index is 1570. The molecule has 2 aliphatic heterocycles. The fourth-order valence-corrected chi connectivity index (χ4v) is 7.91. The van der Waals surface area contributed by atoms with Gasteiger partial charge < -0.3 is 25.4 Å². The standard InChI is InChI=1S/C39H51ClN4O3/c1-5-46-37-23-35(33(40)22-27(37)24-41-25-28-14-17-38(45)42-28)43-34-16-15-31-30(11-6-12-32(31)34)29-10-7-13-36(26(29)2)47-21-9-20-44-19-8-18-39(44,3)4/h6-7,10-13,22-23,28,34,41,43H,5,8-9,14-21,24-25H2,1-4H3,(H,42,45)/t28-,34?/m0/s1. The van der Waals surface area contributed by atoms with Crippen molar-refractivity contribution in [2.75, 3.05) is 38.2 Å². The van der Waals surface area contributed by atoms with Gasteiger partial charge in [-0.1, -0.05) is 41.9 Å². The number of likely N-dealkylation sites (tertiary alicyclic amines) is 1. The molecule has 0 spiro atoms. The average molecular weight is 659 g/mol. The first kappa shape index (κ1) is 33.6. The number of hydrogen-bond donors (Lipinski definition) is 3. The van der Waals surface area contributed by atoms with E-state index >= 15 is 0 Å². The van der Waals surface area contributed by atoms with E-state index in [0.717, 1.165) is 68.1 Å². The van der Waals surface area contributed by atoms with E-state index in [0.29, 0.717) is 30.1 Å². The SMILES string of the molecule is CCOc1cc(NC2CCc3c(-c4cccc(OCCCN5CCCC5(C)C)c4C)cccc32)c(Cl)cc1CNC[C@@H]1CCC(=O)N1. The molecule has 2 heterocycles. The molecule has 8 heteroatoms. The van der Waals surface area contributed by atoms with Crippen LogP contribution in [0.3, 0.4) is 0 Å². The lowest BCUT2D eigenvalue weighted by atomic mass is 9.93. The van der Waals surface area contributed by atoms with Gasteiger partial charge in [-0.15, -0.1) is 0 Å². The predicted octanol–water partition coefficient (Wildman–Crippen LogP) is 7.83. The molecule has 1 aliphatic carbocycles. The molecule has 2 saturated heterocycles. The summed E-state index contributed by atoms with van der Waals surface area (Å²) in [4.78, 5) is 14.2. The summed E-state index contributed by atoms with van der Waals surface area (Å²) in [5.41, 5.74) is 8.64. The maximum Gasteiger partial charge on any atom is 0.220 e. The zero-order valence-corrected chi connectivity index (χ0v) is 29.3. The lowest BCUT2D eigenvalue weighted by molar-refractivity contribution is -0.119. The molecule has 3 aliphatic rings. The molecule has 0 aromatic heterocycles. The zero-order valence-electron chi connectivity index (χ0n) is 28.5. The van der Waals surface area contributed by atoms with Gasteiger partial charge >= 0.3 is 0 Å². The van der Waals surface area contributed by atoms with Crippen molar-refractivity contribution < 1.29 is 14.3 Å². The largest absolute Gasteiger partial charge is 0.493 e. The second-order valence-electron chi connectivity index (χ2n) is 13.9. The molecule has 3 aromatic rings. The van der Waals surface area contributed by atoms with Crippen LogP contribution in [0, 0.1) is 6.92 Å². The minimum Gasteiger partial charge on any atom is -0.493 e. The summed E-state index contributed by atoms with van der Waals surface area (Å²) in [6.45, 7) is 13.8. The molecule has 7 nitrogen and oxygen atoms in total. The van der Waals surface area contributed by atoms with E-state index in [1.165, 1.54) is 47.2 Å². The molecule has 0 bridgehead atoms. The summed E-state index contributed by atoms with van der Waals surface area (Å²) in [6.07, 6.45) is 7.07. The molecule has 3 N–H and O–H groups in total. The van der Waals surface area contributed by atoms with E-state index in [9.17, 15) is 4.79 Å². The van der Waals surface area contributed by atoms with Crippen LogP contribution in [0.5, 0.6) is 11.5 Å². The zero-order chi connectivity index (χ0) is 33.0. The first-order chi connectivity index (χ1) is 22.7. The topological polar surface area (TPSA) is 74.9 Å². The Hall–Kier alpha value is -3.26. The molecule has 0 saturated carbocycles. The number of benzene rings is 3. The number of anilines is 1. The number of rotatable bonds is 14. The summed E-state index contributed by atoms with van der Waals surface area (Å²) < 4.78 is 12.4. The highest BCUT2D eigenvalue weighted by atomic mass is 35.5. The second-order valence-corrected chi connectivity index (χ2v) is 14.4. The third-order valence-corrected chi connectivity index (χ3v) is 10.6. The smallest absolute Gasteiger partial charge is 0.220 e. The van der Waals surface area contributed by atoms with E-state index in [1.807, 2.05) is 19.1 Å². The molecule has 6 rings (SSSR count). The highest BCUT2D eigenvalue weighted by molar-refractivity contribution is 6.33. The molecule has 2 fully saturated rings. The number of hydrogen-bond acceptors (Lipinski definition) is 6. The van der Waals surface area contributed by atoms with Gasteiger partial charge in [-0.25, -0.2) is 0 Å². The van der Waals surface area contributed by atoms with Crippen molar-refractivity contribution >= 4 is 23.2 Å². The van der Waals surface area contributed by atoms with Gasteiger partial charge in [0.1, 0.15) is 11.5 Å². The first-order valence-electron chi connectivity index (χ1n) is 17.5. The summed E-state index contributed by atoms with van der Waals surface area (Å²) in [5, 5.41) is 10.9. The van der Waals surface area contributed by atoms with Crippen LogP contribution in [0.4, 0.5) is 5.69 Å². The number of nitrogens with zero attached hydrogens (tertiary/aromatic N) is 1. The van der Waals surface area contributed by atoms with Crippen molar-refractivity contribution in [3.8, 4) is 22.6 Å². The highest BCUT2D eigenvalue weighted by Gasteiger charge is 2.31. The summed E-state index contributed by atoms with van der Waals surface area (Å²) in [6, 6.07) is 17.5. The molecule has 1 amide bonds. The molecule has 47 heavy (non-hydrogen) atoms. The van der Waals surface area contributed by atoms with Crippen LogP contribution in [0.25, 0.3) is 11.1 Å². The van der Waals surface area contributed by atoms with Crippen LogP contribution in [-0.4, -0.2) is 55.2 Å². The minimum absolute atomic E-state index is 0.131. The Morgan fingerprint density at radius 2 is 1.87 bits per heavy atom. The van der Waals surface area contributed by atoms with E-state index in [2.05, 4.69) is 78.0 Å². The maximum atomic E-state index is 11.6. The van der Waals surface area contributed by atoms with E-state index < -0.39 is 0 Å². The summed E-state index contributed by atoms with van der Waals surface area (Å²) in [7, 11) is 0. The number of nitrogens with one attached hydrogen (secondary N) is 3. The average Bonchev–Trinajstić information content (AvgIpc) is 3.76. The molecule has 0 radical (unpaired) electrons. The van der Waals surface area contributed by atoms with Crippen molar-refractivity contribution in [1.29, 1.82) is 0 Å². The molecular weight excluding hydrogens is 608 g/mol. The van der Waals surface area contributed by atoms with Crippen molar-refractivity contribution in [2.45, 2.75) is 96.8 Å². The number of halogens is 1. The molecular formula is C39H51ClN4O3. The summed E-state index contributed by atoms with van der Waals surface area (Å²) in [5.74, 6) is 1.93. The Morgan fingerprint density at radius 3 is 2.64 bits per heavy atom. The number of ether oxygens (including phenoxy) is 2. The molecule has 3 aromatic carbocycles. The maximum absolute atomic E-state index is 11.6. The fourth-order valence-electron chi connectivity index (χ4n) is 7.67.